The molecule has 1 aliphatic rings. The molecule has 0 saturated carbocycles. The van der Waals surface area contributed by atoms with Gasteiger partial charge in [0.25, 0.3) is 0 Å². The average molecular weight is 292 g/mol. The number of halogens is 1. The van der Waals surface area contributed by atoms with E-state index < -0.39 is 0 Å². The number of hydrogen-bond donors (Lipinski definition) is 1. The lowest BCUT2D eigenvalue weighted by Gasteiger charge is -2.08. The zero-order chi connectivity index (χ0) is 13.9. The van der Waals surface area contributed by atoms with E-state index in [0.29, 0.717) is 11.4 Å². The molecule has 20 heavy (non-hydrogen) atoms. The summed E-state index contributed by atoms with van der Waals surface area (Å²) in [6.45, 7) is 0.975. The lowest BCUT2D eigenvalue weighted by atomic mass is 10.2. The summed E-state index contributed by atoms with van der Waals surface area (Å²) >= 11 is 1.57. The molecule has 0 fully saturated rings. The predicted molar refractivity (Wildman–Crippen MR) is 78.0 cm³/mol. The van der Waals surface area contributed by atoms with Crippen LogP contribution < -0.4 is 5.73 Å². The molecular weight excluding hydrogens is 275 g/mol. The van der Waals surface area contributed by atoms with Crippen LogP contribution in [0.15, 0.2) is 23.4 Å². The first-order valence-corrected chi connectivity index (χ1v) is 7.81. The number of aryl methyl sites for hydroxylation is 1. The van der Waals surface area contributed by atoms with E-state index in [9.17, 15) is 4.39 Å². The lowest BCUT2D eigenvalue weighted by molar-refractivity contribution is 0.591. The summed E-state index contributed by atoms with van der Waals surface area (Å²) < 4.78 is 15.4. The molecule has 2 heterocycles. The Morgan fingerprint density at radius 3 is 3.05 bits per heavy atom. The first-order valence-electron chi connectivity index (χ1n) is 6.83. The molecule has 3 rings (SSSR count). The first-order chi connectivity index (χ1) is 9.74. The van der Waals surface area contributed by atoms with Gasteiger partial charge in [-0.3, -0.25) is 0 Å². The molecule has 0 aliphatic carbocycles. The van der Waals surface area contributed by atoms with Gasteiger partial charge in [0.15, 0.2) is 5.16 Å². The molecular formula is C14H17FN4S. The molecule has 1 aromatic heterocycles. The van der Waals surface area contributed by atoms with Crippen LogP contribution in [0.2, 0.25) is 0 Å². The molecule has 0 bridgehead atoms. The molecule has 0 atom stereocenters. The lowest BCUT2D eigenvalue weighted by Crippen LogP contribution is -2.02. The van der Waals surface area contributed by atoms with Crippen LogP contribution in [0.25, 0.3) is 0 Å². The van der Waals surface area contributed by atoms with Crippen LogP contribution in [-0.2, 0) is 18.7 Å². The molecule has 0 amide bonds. The Hall–Kier alpha value is -1.56. The van der Waals surface area contributed by atoms with Gasteiger partial charge in [-0.05, 0) is 36.6 Å². The maximum Gasteiger partial charge on any atom is 0.191 e. The molecule has 1 aromatic carbocycles. The molecule has 1 aliphatic heterocycles. The van der Waals surface area contributed by atoms with Crippen molar-refractivity contribution in [3.05, 3.63) is 35.4 Å². The van der Waals surface area contributed by atoms with Crippen molar-refractivity contribution in [3.63, 3.8) is 0 Å². The highest BCUT2D eigenvalue weighted by Crippen LogP contribution is 2.27. The van der Waals surface area contributed by atoms with E-state index in [1.165, 1.54) is 31.4 Å². The van der Waals surface area contributed by atoms with Gasteiger partial charge in [-0.25, -0.2) is 4.39 Å². The number of nitrogen functional groups attached to an aromatic ring is 1. The topological polar surface area (TPSA) is 56.7 Å². The van der Waals surface area contributed by atoms with Gasteiger partial charge in [-0.15, -0.1) is 10.2 Å². The zero-order valence-corrected chi connectivity index (χ0v) is 12.0. The number of thioether (sulfide) groups is 1. The third-order valence-corrected chi connectivity index (χ3v) is 4.55. The van der Waals surface area contributed by atoms with E-state index in [0.717, 1.165) is 29.5 Å². The van der Waals surface area contributed by atoms with Crippen LogP contribution in [-0.4, -0.2) is 14.8 Å². The fourth-order valence-electron chi connectivity index (χ4n) is 2.41. The van der Waals surface area contributed by atoms with Crippen molar-refractivity contribution in [2.24, 2.45) is 0 Å². The first kappa shape index (κ1) is 13.4. The second-order valence-corrected chi connectivity index (χ2v) is 5.94. The van der Waals surface area contributed by atoms with Gasteiger partial charge < -0.3 is 10.3 Å². The van der Waals surface area contributed by atoms with Gasteiger partial charge in [0.2, 0.25) is 0 Å². The average Bonchev–Trinajstić information content (AvgIpc) is 2.68. The van der Waals surface area contributed by atoms with E-state index in [4.69, 9.17) is 5.73 Å². The summed E-state index contributed by atoms with van der Waals surface area (Å²) in [5, 5.41) is 9.41. The minimum absolute atomic E-state index is 0.255. The highest BCUT2D eigenvalue weighted by molar-refractivity contribution is 7.98. The quantitative estimate of drug-likeness (QED) is 0.698. The van der Waals surface area contributed by atoms with E-state index in [1.54, 1.807) is 17.8 Å². The Kier molecular flexibility index (Phi) is 3.91. The molecule has 106 valence electrons. The number of nitrogens with two attached hydrogens (primary N) is 1. The summed E-state index contributed by atoms with van der Waals surface area (Å²) in [6, 6.07) is 4.48. The van der Waals surface area contributed by atoms with Crippen LogP contribution in [0.1, 0.15) is 30.7 Å². The molecule has 4 nitrogen and oxygen atoms in total. The van der Waals surface area contributed by atoms with Crippen molar-refractivity contribution in [2.75, 3.05) is 5.73 Å². The van der Waals surface area contributed by atoms with E-state index in [2.05, 4.69) is 14.8 Å². The second kappa shape index (κ2) is 5.83. The summed E-state index contributed by atoms with van der Waals surface area (Å²) in [4.78, 5) is 0. The third-order valence-electron chi connectivity index (χ3n) is 3.54. The number of hydrogen-bond acceptors (Lipinski definition) is 4. The molecule has 0 unspecified atom stereocenters. The molecule has 0 radical (unpaired) electrons. The standard InChI is InChI=1S/C14H17FN4S/c15-11-5-6-12(16)10(8-11)9-20-14-18-17-13-4-2-1-3-7-19(13)14/h5-6,8H,1-4,7,9,16H2. The Morgan fingerprint density at radius 1 is 1.25 bits per heavy atom. The minimum atomic E-state index is -0.255. The van der Waals surface area contributed by atoms with E-state index >= 15 is 0 Å². The van der Waals surface area contributed by atoms with Crippen LogP contribution in [0.3, 0.4) is 0 Å². The summed E-state index contributed by atoms with van der Waals surface area (Å²) in [6.07, 6.45) is 4.58. The van der Waals surface area contributed by atoms with Crippen molar-refractivity contribution in [1.82, 2.24) is 14.8 Å². The largest absolute Gasteiger partial charge is 0.398 e. The molecule has 6 heteroatoms. The maximum absolute atomic E-state index is 13.2. The van der Waals surface area contributed by atoms with Gasteiger partial charge in [-0.2, -0.15) is 0 Å². The fraction of sp³-hybridized carbons (Fsp3) is 0.429. The van der Waals surface area contributed by atoms with Crippen LogP contribution in [0, 0.1) is 5.82 Å². The number of rotatable bonds is 3. The van der Waals surface area contributed by atoms with Gasteiger partial charge >= 0.3 is 0 Å². The number of anilines is 1. The number of benzene rings is 1. The highest BCUT2D eigenvalue weighted by Gasteiger charge is 2.15. The van der Waals surface area contributed by atoms with Gasteiger partial charge in [0.1, 0.15) is 11.6 Å². The zero-order valence-electron chi connectivity index (χ0n) is 11.2. The molecule has 2 aromatic rings. The van der Waals surface area contributed by atoms with Crippen molar-refractivity contribution in [1.29, 1.82) is 0 Å². The van der Waals surface area contributed by atoms with Crippen LogP contribution in [0.4, 0.5) is 10.1 Å². The maximum atomic E-state index is 13.2. The van der Waals surface area contributed by atoms with Crippen molar-refractivity contribution >= 4 is 17.4 Å². The summed E-state index contributed by atoms with van der Waals surface area (Å²) in [5.74, 6) is 1.42. The Balaban J connectivity index is 1.75. The Morgan fingerprint density at radius 2 is 2.15 bits per heavy atom. The van der Waals surface area contributed by atoms with Crippen LogP contribution >= 0.6 is 11.8 Å². The molecule has 2 N–H and O–H groups in total. The Bertz CT molecular complexity index is 611. The predicted octanol–water partition coefficient (Wildman–Crippen LogP) is 3.02. The second-order valence-electron chi connectivity index (χ2n) is 4.99. The van der Waals surface area contributed by atoms with Crippen molar-refractivity contribution in [2.45, 2.75) is 43.1 Å². The summed E-state index contributed by atoms with van der Waals surface area (Å²) in [7, 11) is 0. The number of nitrogens with zero attached hydrogens (tertiary/aromatic N) is 3. The summed E-state index contributed by atoms with van der Waals surface area (Å²) in [5.41, 5.74) is 7.30. The monoisotopic (exact) mass is 292 g/mol. The van der Waals surface area contributed by atoms with E-state index in [1.807, 2.05) is 0 Å². The normalized spacial score (nSPS) is 14.8. The number of fused-ring (bicyclic) bond motifs is 1. The third kappa shape index (κ3) is 2.80. The SMILES string of the molecule is Nc1ccc(F)cc1CSc1nnc2n1CCCCC2. The van der Waals surface area contributed by atoms with Gasteiger partial charge in [0, 0.05) is 24.4 Å². The van der Waals surface area contributed by atoms with Gasteiger partial charge in [0.05, 0.1) is 0 Å². The fourth-order valence-corrected chi connectivity index (χ4v) is 3.39. The minimum Gasteiger partial charge on any atom is -0.398 e. The van der Waals surface area contributed by atoms with Crippen molar-refractivity contribution < 1.29 is 4.39 Å². The molecule has 0 saturated heterocycles. The highest BCUT2D eigenvalue weighted by atomic mass is 32.2. The van der Waals surface area contributed by atoms with Crippen LogP contribution in [0.5, 0.6) is 0 Å². The smallest absolute Gasteiger partial charge is 0.191 e. The van der Waals surface area contributed by atoms with Crippen molar-refractivity contribution in [3.8, 4) is 0 Å². The molecule has 0 spiro atoms. The Labute approximate surface area is 121 Å². The van der Waals surface area contributed by atoms with Gasteiger partial charge in [-0.1, -0.05) is 18.2 Å². The number of aromatic nitrogens is 3. The van der Waals surface area contributed by atoms with E-state index in [-0.39, 0.29) is 5.82 Å².